The zero-order chi connectivity index (χ0) is 11.5. The van der Waals surface area contributed by atoms with Crippen molar-refractivity contribution in [3.8, 4) is 0 Å². The first-order valence-corrected chi connectivity index (χ1v) is 6.58. The number of likely N-dealkylation sites (tertiary alicyclic amines) is 1. The van der Waals surface area contributed by atoms with E-state index in [1.54, 1.807) is 7.11 Å². The first kappa shape index (κ1) is 11.9. The van der Waals surface area contributed by atoms with E-state index in [1.165, 1.54) is 25.7 Å². The van der Waals surface area contributed by atoms with Gasteiger partial charge in [-0.15, -0.1) is 0 Å². The highest BCUT2D eigenvalue weighted by molar-refractivity contribution is 5.82. The van der Waals surface area contributed by atoms with Crippen LogP contribution < -0.4 is 0 Å². The molecule has 92 valence electrons. The standard InChI is InChI=1S/C13H24N2O/c1-10-7-8-15(9-12(10)16-2)13(14)11-5-3-4-6-11/h10-12,14H,3-9H2,1-2H3. The lowest BCUT2D eigenvalue weighted by atomic mass is 9.94. The molecule has 2 aliphatic rings. The van der Waals surface area contributed by atoms with Gasteiger partial charge in [0.1, 0.15) is 0 Å². The molecule has 1 aliphatic heterocycles. The van der Waals surface area contributed by atoms with E-state index in [2.05, 4.69) is 11.8 Å². The van der Waals surface area contributed by atoms with Gasteiger partial charge in [0.2, 0.25) is 0 Å². The van der Waals surface area contributed by atoms with Crippen LogP contribution in [0.4, 0.5) is 0 Å². The van der Waals surface area contributed by atoms with Crippen LogP contribution in [-0.2, 0) is 4.74 Å². The fraction of sp³-hybridized carbons (Fsp3) is 0.923. The summed E-state index contributed by atoms with van der Waals surface area (Å²) in [5.41, 5.74) is 0. The van der Waals surface area contributed by atoms with Gasteiger partial charge in [0.05, 0.1) is 11.9 Å². The molecule has 2 atom stereocenters. The third kappa shape index (κ3) is 2.40. The Morgan fingerprint density at radius 3 is 2.56 bits per heavy atom. The third-order valence-corrected chi connectivity index (χ3v) is 4.27. The second kappa shape index (κ2) is 5.17. The molecule has 0 spiro atoms. The van der Waals surface area contributed by atoms with E-state index in [0.29, 0.717) is 17.9 Å². The minimum Gasteiger partial charge on any atom is -0.379 e. The van der Waals surface area contributed by atoms with Gasteiger partial charge in [-0.25, -0.2) is 0 Å². The predicted molar refractivity (Wildman–Crippen MR) is 65.8 cm³/mol. The Labute approximate surface area is 98.7 Å². The zero-order valence-electron chi connectivity index (χ0n) is 10.5. The average Bonchev–Trinajstić information content (AvgIpc) is 2.82. The molecule has 3 nitrogen and oxygen atoms in total. The summed E-state index contributed by atoms with van der Waals surface area (Å²) in [6.07, 6.45) is 6.55. The van der Waals surface area contributed by atoms with Gasteiger partial charge < -0.3 is 9.64 Å². The highest BCUT2D eigenvalue weighted by Crippen LogP contribution is 2.29. The summed E-state index contributed by atoms with van der Waals surface area (Å²) >= 11 is 0. The Morgan fingerprint density at radius 2 is 1.94 bits per heavy atom. The van der Waals surface area contributed by atoms with Crippen LogP contribution in [0.3, 0.4) is 0 Å². The maximum atomic E-state index is 8.28. The molecule has 0 bridgehead atoms. The topological polar surface area (TPSA) is 36.3 Å². The quantitative estimate of drug-likeness (QED) is 0.578. The van der Waals surface area contributed by atoms with Gasteiger partial charge in [-0.1, -0.05) is 19.8 Å². The highest BCUT2D eigenvalue weighted by atomic mass is 16.5. The molecule has 1 aliphatic carbocycles. The monoisotopic (exact) mass is 224 g/mol. The van der Waals surface area contributed by atoms with E-state index in [9.17, 15) is 0 Å². The van der Waals surface area contributed by atoms with Gasteiger partial charge in [0.25, 0.3) is 0 Å². The van der Waals surface area contributed by atoms with Crippen molar-refractivity contribution in [2.24, 2.45) is 11.8 Å². The van der Waals surface area contributed by atoms with E-state index in [-0.39, 0.29) is 0 Å². The highest BCUT2D eigenvalue weighted by Gasteiger charge is 2.30. The normalized spacial score (nSPS) is 32.0. The molecule has 1 N–H and O–H groups in total. The van der Waals surface area contributed by atoms with Gasteiger partial charge >= 0.3 is 0 Å². The number of nitrogens with zero attached hydrogens (tertiary/aromatic N) is 1. The van der Waals surface area contributed by atoms with Crippen LogP contribution in [0.25, 0.3) is 0 Å². The largest absolute Gasteiger partial charge is 0.379 e. The number of ether oxygens (including phenoxy) is 1. The Kier molecular flexibility index (Phi) is 3.85. The van der Waals surface area contributed by atoms with Crippen LogP contribution in [0.1, 0.15) is 39.0 Å². The maximum absolute atomic E-state index is 8.28. The summed E-state index contributed by atoms with van der Waals surface area (Å²) < 4.78 is 5.51. The lowest BCUT2D eigenvalue weighted by Crippen LogP contribution is -2.48. The van der Waals surface area contributed by atoms with E-state index >= 15 is 0 Å². The van der Waals surface area contributed by atoms with Crippen molar-refractivity contribution in [2.45, 2.75) is 45.1 Å². The van der Waals surface area contributed by atoms with Gasteiger partial charge in [-0.3, -0.25) is 5.41 Å². The van der Waals surface area contributed by atoms with Crippen LogP contribution in [0.5, 0.6) is 0 Å². The number of amidine groups is 1. The van der Waals surface area contributed by atoms with Crippen LogP contribution in [0.15, 0.2) is 0 Å². The summed E-state index contributed by atoms with van der Waals surface area (Å²) in [6, 6.07) is 0. The predicted octanol–water partition coefficient (Wildman–Crippen LogP) is 2.51. The summed E-state index contributed by atoms with van der Waals surface area (Å²) in [5, 5.41) is 8.28. The number of methoxy groups -OCH3 is 1. The molecule has 0 aromatic heterocycles. The lowest BCUT2D eigenvalue weighted by molar-refractivity contribution is 0.0134. The van der Waals surface area contributed by atoms with Gasteiger partial charge in [0, 0.05) is 26.1 Å². The van der Waals surface area contributed by atoms with Crippen LogP contribution in [0.2, 0.25) is 0 Å². The van der Waals surface area contributed by atoms with Crippen molar-refractivity contribution < 1.29 is 4.74 Å². The molecular formula is C13H24N2O. The fourth-order valence-electron chi connectivity index (χ4n) is 3.02. The molecule has 1 saturated carbocycles. The summed E-state index contributed by atoms with van der Waals surface area (Å²) in [4.78, 5) is 2.25. The van der Waals surface area contributed by atoms with E-state index in [1.807, 2.05) is 0 Å². The molecule has 16 heavy (non-hydrogen) atoms. The average molecular weight is 224 g/mol. The first-order valence-electron chi connectivity index (χ1n) is 6.58. The van der Waals surface area contributed by atoms with Crippen molar-refractivity contribution in [2.75, 3.05) is 20.2 Å². The van der Waals surface area contributed by atoms with Crippen molar-refractivity contribution in [3.63, 3.8) is 0 Å². The van der Waals surface area contributed by atoms with Crippen molar-refractivity contribution in [1.29, 1.82) is 5.41 Å². The van der Waals surface area contributed by atoms with Crippen LogP contribution >= 0.6 is 0 Å². The summed E-state index contributed by atoms with van der Waals surface area (Å²) in [7, 11) is 1.80. The van der Waals surface area contributed by atoms with E-state index < -0.39 is 0 Å². The molecular weight excluding hydrogens is 200 g/mol. The van der Waals surface area contributed by atoms with Gasteiger partial charge in [-0.05, 0) is 25.2 Å². The lowest BCUT2D eigenvalue weighted by Gasteiger charge is -2.39. The molecule has 0 aromatic carbocycles. The van der Waals surface area contributed by atoms with Gasteiger partial charge in [0.15, 0.2) is 0 Å². The SMILES string of the molecule is COC1CN(C(=N)C2CCCC2)CCC1C. The molecule has 0 radical (unpaired) electrons. The van der Waals surface area contributed by atoms with Crippen molar-refractivity contribution in [3.05, 3.63) is 0 Å². The molecule has 0 amide bonds. The Hall–Kier alpha value is -0.570. The van der Waals surface area contributed by atoms with E-state index in [4.69, 9.17) is 10.1 Å². The number of rotatable bonds is 2. The Bertz CT molecular complexity index is 248. The Morgan fingerprint density at radius 1 is 1.25 bits per heavy atom. The number of nitrogens with one attached hydrogen (secondary N) is 1. The summed E-state index contributed by atoms with van der Waals surface area (Å²) in [5.74, 6) is 2.05. The molecule has 1 saturated heterocycles. The second-order valence-electron chi connectivity index (χ2n) is 5.35. The maximum Gasteiger partial charge on any atom is 0.0990 e. The Balaban J connectivity index is 1.91. The van der Waals surface area contributed by atoms with Gasteiger partial charge in [-0.2, -0.15) is 0 Å². The van der Waals surface area contributed by atoms with Crippen LogP contribution in [-0.4, -0.2) is 37.0 Å². The molecule has 2 fully saturated rings. The summed E-state index contributed by atoms with van der Waals surface area (Å²) in [6.45, 7) is 4.23. The minimum absolute atomic E-state index is 0.315. The first-order chi connectivity index (χ1) is 7.72. The number of hydrogen-bond acceptors (Lipinski definition) is 2. The number of hydrogen-bond donors (Lipinski definition) is 1. The molecule has 2 rings (SSSR count). The molecule has 1 heterocycles. The number of piperidine rings is 1. The molecule has 3 heteroatoms. The van der Waals surface area contributed by atoms with Crippen LogP contribution in [0, 0.1) is 17.2 Å². The third-order valence-electron chi connectivity index (χ3n) is 4.27. The fourth-order valence-corrected chi connectivity index (χ4v) is 3.02. The molecule has 2 unspecified atom stereocenters. The zero-order valence-corrected chi connectivity index (χ0v) is 10.5. The van der Waals surface area contributed by atoms with E-state index in [0.717, 1.165) is 25.3 Å². The second-order valence-corrected chi connectivity index (χ2v) is 5.35. The van der Waals surface area contributed by atoms with Crippen molar-refractivity contribution >= 4 is 5.84 Å². The van der Waals surface area contributed by atoms with Crippen molar-refractivity contribution in [1.82, 2.24) is 4.90 Å². The smallest absolute Gasteiger partial charge is 0.0990 e. The minimum atomic E-state index is 0.315. The molecule has 0 aromatic rings.